The molecule has 3 aliphatic heterocycles. The Morgan fingerprint density at radius 2 is 1.90 bits per heavy atom. The standard InChI is InChI=1S/C14H20O7/c1-7(15)17-10-9(8-6-16-13(2,3)19-8)18-12-11(10)20-14(4,5)21-12/h6,9-12H,1-5H3/t9-,10-,11-,12-/m1/s1. The van der Waals surface area contributed by atoms with Crippen LogP contribution in [0.1, 0.15) is 34.6 Å². The molecule has 0 amide bonds. The van der Waals surface area contributed by atoms with Crippen molar-refractivity contribution in [3.05, 3.63) is 12.0 Å². The molecule has 7 nitrogen and oxygen atoms in total. The Morgan fingerprint density at radius 1 is 1.19 bits per heavy atom. The van der Waals surface area contributed by atoms with Crippen molar-refractivity contribution in [1.82, 2.24) is 0 Å². The van der Waals surface area contributed by atoms with Gasteiger partial charge in [-0.2, -0.15) is 0 Å². The van der Waals surface area contributed by atoms with Crippen molar-refractivity contribution in [3.8, 4) is 0 Å². The Morgan fingerprint density at radius 3 is 2.48 bits per heavy atom. The van der Waals surface area contributed by atoms with Crippen LogP contribution in [0.15, 0.2) is 12.0 Å². The number of esters is 1. The highest BCUT2D eigenvalue weighted by Gasteiger charge is 2.58. The Hall–Kier alpha value is -1.31. The van der Waals surface area contributed by atoms with E-state index in [0.717, 1.165) is 0 Å². The van der Waals surface area contributed by atoms with Crippen molar-refractivity contribution in [2.75, 3.05) is 0 Å². The third-order valence-corrected chi connectivity index (χ3v) is 3.40. The summed E-state index contributed by atoms with van der Waals surface area (Å²) in [4.78, 5) is 11.4. The Balaban J connectivity index is 1.80. The van der Waals surface area contributed by atoms with E-state index in [2.05, 4.69) is 0 Å². The average molecular weight is 300 g/mol. The first-order chi connectivity index (χ1) is 9.67. The van der Waals surface area contributed by atoms with Crippen LogP contribution in [-0.2, 0) is 33.2 Å². The quantitative estimate of drug-likeness (QED) is 0.714. The van der Waals surface area contributed by atoms with E-state index in [9.17, 15) is 4.79 Å². The zero-order chi connectivity index (χ0) is 15.4. The average Bonchev–Trinajstić information content (AvgIpc) is 2.90. The Bertz CT molecular complexity index is 482. The van der Waals surface area contributed by atoms with Gasteiger partial charge in [0.05, 0.1) is 0 Å². The molecule has 0 saturated carbocycles. The molecule has 0 radical (unpaired) electrons. The first-order valence-electron chi connectivity index (χ1n) is 6.92. The molecule has 2 saturated heterocycles. The number of fused-ring (bicyclic) bond motifs is 1. The van der Waals surface area contributed by atoms with Crippen LogP contribution in [0.5, 0.6) is 0 Å². The van der Waals surface area contributed by atoms with Crippen LogP contribution in [0, 0.1) is 0 Å². The van der Waals surface area contributed by atoms with Crippen molar-refractivity contribution < 1.29 is 33.2 Å². The van der Waals surface area contributed by atoms with Gasteiger partial charge in [-0.05, 0) is 13.8 Å². The van der Waals surface area contributed by atoms with Crippen LogP contribution >= 0.6 is 0 Å². The van der Waals surface area contributed by atoms with Gasteiger partial charge >= 0.3 is 5.97 Å². The molecule has 0 bridgehead atoms. The van der Waals surface area contributed by atoms with Gasteiger partial charge in [-0.3, -0.25) is 4.79 Å². The smallest absolute Gasteiger partial charge is 0.303 e. The maximum absolute atomic E-state index is 11.4. The lowest BCUT2D eigenvalue weighted by Gasteiger charge is -2.26. The molecule has 0 aromatic heterocycles. The summed E-state index contributed by atoms with van der Waals surface area (Å²) < 4.78 is 33.7. The molecule has 118 valence electrons. The fourth-order valence-electron chi connectivity index (χ4n) is 2.69. The van der Waals surface area contributed by atoms with Crippen LogP contribution < -0.4 is 0 Å². The predicted molar refractivity (Wildman–Crippen MR) is 68.6 cm³/mol. The van der Waals surface area contributed by atoms with Gasteiger partial charge in [0, 0.05) is 20.8 Å². The highest BCUT2D eigenvalue weighted by molar-refractivity contribution is 5.66. The topological polar surface area (TPSA) is 72.5 Å². The second-order valence-electron chi connectivity index (χ2n) is 6.24. The van der Waals surface area contributed by atoms with Gasteiger partial charge in [0.1, 0.15) is 6.26 Å². The SMILES string of the molecule is CC(=O)O[C@H]1[C@H]2OC(C)(C)O[C@H]2O[C@@H]1C1=COC(C)(C)O1. The van der Waals surface area contributed by atoms with Gasteiger partial charge in [-0.1, -0.05) is 0 Å². The number of hydrogen-bond acceptors (Lipinski definition) is 7. The lowest BCUT2D eigenvalue weighted by Crippen LogP contribution is -2.39. The number of hydrogen-bond donors (Lipinski definition) is 0. The summed E-state index contributed by atoms with van der Waals surface area (Å²) in [5.41, 5.74) is 0. The minimum Gasteiger partial charge on any atom is -0.457 e. The fourth-order valence-corrected chi connectivity index (χ4v) is 2.69. The Labute approximate surface area is 123 Å². The first-order valence-corrected chi connectivity index (χ1v) is 6.92. The third-order valence-electron chi connectivity index (χ3n) is 3.40. The van der Waals surface area contributed by atoms with Crippen LogP contribution in [-0.4, -0.2) is 42.1 Å². The van der Waals surface area contributed by atoms with E-state index in [-0.39, 0.29) is 0 Å². The summed E-state index contributed by atoms with van der Waals surface area (Å²) in [6.07, 6.45) is -0.877. The number of rotatable bonds is 2. The van der Waals surface area contributed by atoms with E-state index in [4.69, 9.17) is 28.4 Å². The van der Waals surface area contributed by atoms with Gasteiger partial charge < -0.3 is 28.4 Å². The van der Waals surface area contributed by atoms with Gasteiger partial charge in [-0.15, -0.1) is 0 Å². The molecule has 0 unspecified atom stereocenters. The molecule has 0 aliphatic carbocycles. The van der Waals surface area contributed by atoms with E-state index in [1.807, 2.05) is 0 Å². The predicted octanol–water partition coefficient (Wildman–Crippen LogP) is 1.42. The second kappa shape index (κ2) is 4.59. The highest BCUT2D eigenvalue weighted by atomic mass is 16.8. The molecule has 4 atom stereocenters. The van der Waals surface area contributed by atoms with Crippen molar-refractivity contribution in [2.45, 2.75) is 70.8 Å². The summed E-state index contributed by atoms with van der Waals surface area (Å²) in [6.45, 7) is 8.47. The largest absolute Gasteiger partial charge is 0.457 e. The lowest BCUT2D eigenvalue weighted by atomic mass is 10.1. The summed E-state index contributed by atoms with van der Waals surface area (Å²) in [6, 6.07) is 0. The zero-order valence-electron chi connectivity index (χ0n) is 12.7. The van der Waals surface area contributed by atoms with Crippen molar-refractivity contribution >= 4 is 5.97 Å². The van der Waals surface area contributed by atoms with E-state index in [0.29, 0.717) is 5.76 Å². The second-order valence-corrected chi connectivity index (χ2v) is 6.24. The van der Waals surface area contributed by atoms with Gasteiger partial charge in [0.15, 0.2) is 36.1 Å². The molecule has 0 aromatic carbocycles. The summed E-state index contributed by atoms with van der Waals surface area (Å²) in [5, 5.41) is 0. The lowest BCUT2D eigenvalue weighted by molar-refractivity contribution is -0.221. The van der Waals surface area contributed by atoms with Crippen molar-refractivity contribution in [1.29, 1.82) is 0 Å². The maximum Gasteiger partial charge on any atom is 0.303 e. The third kappa shape index (κ3) is 2.73. The molecule has 3 rings (SSSR count). The highest BCUT2D eigenvalue weighted by Crippen LogP contribution is 2.42. The summed E-state index contributed by atoms with van der Waals surface area (Å²) in [5.74, 6) is -1.50. The molecule has 0 N–H and O–H groups in total. The van der Waals surface area contributed by atoms with Crippen LogP contribution in [0.4, 0.5) is 0 Å². The first kappa shape index (κ1) is 14.6. The number of carbonyl (C=O) groups excluding carboxylic acids is 1. The molecular weight excluding hydrogens is 280 g/mol. The van der Waals surface area contributed by atoms with E-state index < -0.39 is 42.1 Å². The minimum absolute atomic E-state index is 0.415. The van der Waals surface area contributed by atoms with Gasteiger partial charge in [-0.25, -0.2) is 0 Å². The monoisotopic (exact) mass is 300 g/mol. The molecule has 0 spiro atoms. The van der Waals surface area contributed by atoms with Gasteiger partial charge in [0.2, 0.25) is 5.79 Å². The normalized spacial score (nSPS) is 39.2. The van der Waals surface area contributed by atoms with Crippen LogP contribution in [0.3, 0.4) is 0 Å². The molecule has 0 aromatic rings. The molecule has 2 fully saturated rings. The number of carbonyl (C=O) groups is 1. The van der Waals surface area contributed by atoms with E-state index in [1.165, 1.54) is 13.2 Å². The molecular formula is C14H20O7. The van der Waals surface area contributed by atoms with E-state index in [1.54, 1.807) is 27.7 Å². The van der Waals surface area contributed by atoms with Crippen molar-refractivity contribution in [2.24, 2.45) is 0 Å². The molecule has 3 heterocycles. The maximum atomic E-state index is 11.4. The zero-order valence-corrected chi connectivity index (χ0v) is 12.7. The summed E-state index contributed by atoms with van der Waals surface area (Å²) in [7, 11) is 0. The summed E-state index contributed by atoms with van der Waals surface area (Å²) >= 11 is 0. The van der Waals surface area contributed by atoms with Crippen LogP contribution in [0.2, 0.25) is 0 Å². The molecule has 21 heavy (non-hydrogen) atoms. The minimum atomic E-state index is -0.778. The van der Waals surface area contributed by atoms with Crippen molar-refractivity contribution in [3.63, 3.8) is 0 Å². The Kier molecular flexibility index (Phi) is 3.20. The molecule has 7 heteroatoms. The fraction of sp³-hybridized carbons (Fsp3) is 0.786. The van der Waals surface area contributed by atoms with Crippen LogP contribution in [0.25, 0.3) is 0 Å². The van der Waals surface area contributed by atoms with E-state index >= 15 is 0 Å². The number of ether oxygens (including phenoxy) is 6. The van der Waals surface area contributed by atoms with Gasteiger partial charge in [0.25, 0.3) is 0 Å². The molecule has 3 aliphatic rings.